The van der Waals surface area contributed by atoms with E-state index in [0.29, 0.717) is 6.04 Å². The lowest BCUT2D eigenvalue weighted by atomic mass is 9.89. The summed E-state index contributed by atoms with van der Waals surface area (Å²) in [4.78, 5) is 0. The van der Waals surface area contributed by atoms with Crippen molar-refractivity contribution in [2.75, 3.05) is 6.54 Å². The van der Waals surface area contributed by atoms with Crippen molar-refractivity contribution in [2.24, 2.45) is 0 Å². The van der Waals surface area contributed by atoms with Crippen LogP contribution < -0.4 is 14.8 Å². The Morgan fingerprint density at radius 1 is 1.00 bits per heavy atom. The summed E-state index contributed by atoms with van der Waals surface area (Å²) in [6, 6.07) is 0.425. The van der Waals surface area contributed by atoms with E-state index in [1.165, 1.54) is 36.0 Å². The van der Waals surface area contributed by atoms with E-state index in [4.69, 9.17) is 9.47 Å². The molecule has 3 heterocycles. The van der Waals surface area contributed by atoms with E-state index < -0.39 is 0 Å². The summed E-state index contributed by atoms with van der Waals surface area (Å²) in [7, 11) is 0. The van der Waals surface area contributed by atoms with E-state index in [-0.39, 0.29) is 12.2 Å². The maximum atomic E-state index is 6.21. The minimum atomic E-state index is 0.263. The molecule has 3 unspecified atom stereocenters. The molecule has 0 bridgehead atoms. The third-order valence-electron chi connectivity index (χ3n) is 4.86. The van der Waals surface area contributed by atoms with Crippen molar-refractivity contribution < 1.29 is 9.47 Å². The fourth-order valence-corrected chi connectivity index (χ4v) is 4.64. The molecule has 3 aliphatic heterocycles. The van der Waals surface area contributed by atoms with E-state index in [1.807, 2.05) is 0 Å². The highest BCUT2D eigenvalue weighted by Gasteiger charge is 2.37. The smallest absolute Gasteiger partial charge is 0.138 e. The van der Waals surface area contributed by atoms with Gasteiger partial charge in [-0.05, 0) is 49.2 Å². The first kappa shape index (κ1) is 13.9. The summed E-state index contributed by atoms with van der Waals surface area (Å²) in [6.07, 6.45) is 6.27. The van der Waals surface area contributed by atoms with Crippen molar-refractivity contribution in [1.29, 1.82) is 0 Å². The lowest BCUT2D eigenvalue weighted by Crippen LogP contribution is -2.28. The Kier molecular flexibility index (Phi) is 3.42. The molecule has 0 spiro atoms. The summed E-state index contributed by atoms with van der Waals surface area (Å²) >= 11 is 3.77. The SMILES string of the molecule is CC1Cc2c(c(Br)c3c(c2C2CCCCN2)OC(C)C3)O1. The second kappa shape index (κ2) is 5.17. The minimum Gasteiger partial charge on any atom is -0.490 e. The molecule has 1 N–H and O–H groups in total. The Labute approximate surface area is 134 Å². The van der Waals surface area contributed by atoms with Crippen LogP contribution in [0.2, 0.25) is 0 Å². The van der Waals surface area contributed by atoms with Gasteiger partial charge in [0.15, 0.2) is 0 Å². The molecule has 3 nitrogen and oxygen atoms in total. The van der Waals surface area contributed by atoms with Crippen LogP contribution in [-0.2, 0) is 12.8 Å². The van der Waals surface area contributed by atoms with Gasteiger partial charge in [-0.25, -0.2) is 0 Å². The molecule has 3 aliphatic rings. The molecular weight excluding hydrogens is 330 g/mol. The quantitative estimate of drug-likeness (QED) is 0.831. The third kappa shape index (κ3) is 2.18. The molecule has 3 atom stereocenters. The topological polar surface area (TPSA) is 30.5 Å². The molecule has 0 radical (unpaired) electrons. The van der Waals surface area contributed by atoms with E-state index in [1.54, 1.807) is 0 Å². The monoisotopic (exact) mass is 351 g/mol. The van der Waals surface area contributed by atoms with Gasteiger partial charge in [-0.15, -0.1) is 0 Å². The van der Waals surface area contributed by atoms with Gasteiger partial charge in [0.25, 0.3) is 0 Å². The Hall–Kier alpha value is -0.740. The van der Waals surface area contributed by atoms with E-state index in [2.05, 4.69) is 35.1 Å². The van der Waals surface area contributed by atoms with Crippen LogP contribution in [0.15, 0.2) is 4.47 Å². The van der Waals surface area contributed by atoms with Gasteiger partial charge in [-0.3, -0.25) is 0 Å². The first-order chi connectivity index (χ1) is 10.1. The molecule has 4 heteroatoms. The number of rotatable bonds is 1. The van der Waals surface area contributed by atoms with Crippen LogP contribution in [0.25, 0.3) is 0 Å². The molecule has 0 amide bonds. The van der Waals surface area contributed by atoms with Gasteiger partial charge in [-0.1, -0.05) is 6.42 Å². The zero-order valence-corrected chi connectivity index (χ0v) is 14.3. The Bertz CT molecular complexity index is 542. The van der Waals surface area contributed by atoms with Crippen molar-refractivity contribution in [2.45, 2.75) is 64.2 Å². The number of piperidine rings is 1. The van der Waals surface area contributed by atoms with Crippen LogP contribution in [0.1, 0.15) is 55.8 Å². The maximum absolute atomic E-state index is 6.21. The molecule has 0 aliphatic carbocycles. The molecule has 1 saturated heterocycles. The van der Waals surface area contributed by atoms with Crippen molar-refractivity contribution in [3.63, 3.8) is 0 Å². The average molecular weight is 352 g/mol. The second-order valence-corrected chi connectivity index (χ2v) is 7.40. The predicted octanol–water partition coefficient (Wildman–Crippen LogP) is 3.91. The fraction of sp³-hybridized carbons (Fsp3) is 0.647. The number of hydrogen-bond acceptors (Lipinski definition) is 3. The number of fused-ring (bicyclic) bond motifs is 2. The van der Waals surface area contributed by atoms with Crippen LogP contribution in [0.4, 0.5) is 0 Å². The summed E-state index contributed by atoms with van der Waals surface area (Å²) in [5.41, 5.74) is 4.05. The Morgan fingerprint density at radius 2 is 1.71 bits per heavy atom. The number of ether oxygens (including phenoxy) is 2. The first-order valence-electron chi connectivity index (χ1n) is 8.09. The number of nitrogens with one attached hydrogen (secondary N) is 1. The van der Waals surface area contributed by atoms with Crippen molar-refractivity contribution in [1.82, 2.24) is 5.32 Å². The van der Waals surface area contributed by atoms with Gasteiger partial charge in [0, 0.05) is 35.6 Å². The Balaban J connectivity index is 1.88. The maximum Gasteiger partial charge on any atom is 0.138 e. The summed E-state index contributed by atoms with van der Waals surface area (Å²) in [5, 5.41) is 3.69. The minimum absolute atomic E-state index is 0.263. The van der Waals surface area contributed by atoms with Crippen LogP contribution >= 0.6 is 15.9 Å². The second-order valence-electron chi connectivity index (χ2n) is 6.61. The molecule has 114 valence electrons. The highest BCUT2D eigenvalue weighted by atomic mass is 79.9. The molecule has 1 aromatic carbocycles. The lowest BCUT2D eigenvalue weighted by Gasteiger charge is -2.27. The molecule has 0 saturated carbocycles. The largest absolute Gasteiger partial charge is 0.490 e. The van der Waals surface area contributed by atoms with E-state index in [9.17, 15) is 0 Å². The van der Waals surface area contributed by atoms with Crippen LogP contribution in [0, 0.1) is 0 Å². The molecular formula is C17H22BrNO2. The number of halogens is 1. The van der Waals surface area contributed by atoms with Gasteiger partial charge < -0.3 is 14.8 Å². The molecule has 1 aromatic rings. The average Bonchev–Trinajstić information content (AvgIpc) is 3.03. The van der Waals surface area contributed by atoms with Gasteiger partial charge >= 0.3 is 0 Å². The van der Waals surface area contributed by atoms with Gasteiger partial charge in [0.1, 0.15) is 23.7 Å². The van der Waals surface area contributed by atoms with E-state index in [0.717, 1.165) is 35.4 Å². The van der Waals surface area contributed by atoms with Crippen molar-refractivity contribution >= 4 is 15.9 Å². The molecule has 4 rings (SSSR count). The van der Waals surface area contributed by atoms with Gasteiger partial charge in [0.05, 0.1) is 4.47 Å². The Morgan fingerprint density at radius 3 is 2.43 bits per heavy atom. The van der Waals surface area contributed by atoms with Crippen molar-refractivity contribution in [3.8, 4) is 11.5 Å². The summed E-state index contributed by atoms with van der Waals surface area (Å²) in [6.45, 7) is 5.41. The molecule has 0 aromatic heterocycles. The van der Waals surface area contributed by atoms with Gasteiger partial charge in [-0.2, -0.15) is 0 Å². The van der Waals surface area contributed by atoms with E-state index >= 15 is 0 Å². The normalized spacial score (nSPS) is 30.5. The third-order valence-corrected chi connectivity index (χ3v) is 5.70. The van der Waals surface area contributed by atoms with Crippen LogP contribution in [-0.4, -0.2) is 18.8 Å². The van der Waals surface area contributed by atoms with Crippen LogP contribution in [0.3, 0.4) is 0 Å². The molecule has 21 heavy (non-hydrogen) atoms. The standard InChI is InChI=1S/C17H22BrNO2/c1-9-7-11-14(13-5-3-4-6-19-13)16-12(8-10(2)20-16)15(18)17(11)21-9/h9-10,13,19H,3-8H2,1-2H3. The number of hydrogen-bond donors (Lipinski definition) is 1. The zero-order valence-electron chi connectivity index (χ0n) is 12.7. The van der Waals surface area contributed by atoms with Gasteiger partial charge in [0.2, 0.25) is 0 Å². The lowest BCUT2D eigenvalue weighted by molar-refractivity contribution is 0.248. The fourth-order valence-electron chi connectivity index (χ4n) is 3.96. The first-order valence-corrected chi connectivity index (χ1v) is 8.88. The summed E-state index contributed by atoms with van der Waals surface area (Å²) in [5.74, 6) is 2.20. The molecule has 1 fully saturated rings. The summed E-state index contributed by atoms with van der Waals surface area (Å²) < 4.78 is 13.4. The van der Waals surface area contributed by atoms with Crippen LogP contribution in [0.5, 0.6) is 11.5 Å². The highest BCUT2D eigenvalue weighted by Crippen LogP contribution is 2.51. The number of benzene rings is 1. The van der Waals surface area contributed by atoms with Crippen molar-refractivity contribution in [3.05, 3.63) is 21.2 Å². The highest BCUT2D eigenvalue weighted by molar-refractivity contribution is 9.10. The predicted molar refractivity (Wildman–Crippen MR) is 86.3 cm³/mol. The zero-order chi connectivity index (χ0) is 14.6.